The number of thiazole rings is 1. The number of nitrogens with one attached hydrogen (secondary N) is 1. The molecule has 0 bridgehead atoms. The Morgan fingerprint density at radius 3 is 2.43 bits per heavy atom. The number of rotatable bonds is 7. The van der Waals surface area contributed by atoms with Gasteiger partial charge < -0.3 is 14.8 Å². The van der Waals surface area contributed by atoms with Crippen LogP contribution in [0.1, 0.15) is 16.1 Å². The van der Waals surface area contributed by atoms with E-state index in [1.807, 2.05) is 72.1 Å². The summed E-state index contributed by atoms with van der Waals surface area (Å²) >= 11 is 1.53. The van der Waals surface area contributed by atoms with Crippen LogP contribution in [0.2, 0.25) is 0 Å². The quantitative estimate of drug-likeness (QED) is 0.423. The Morgan fingerprint density at radius 1 is 0.933 bits per heavy atom. The highest BCUT2D eigenvalue weighted by atomic mass is 32.1. The Hall–Kier alpha value is -3.64. The topological polar surface area (TPSA) is 60.5 Å². The van der Waals surface area contributed by atoms with Crippen molar-refractivity contribution in [2.24, 2.45) is 0 Å². The highest BCUT2D eigenvalue weighted by Crippen LogP contribution is 2.32. The van der Waals surface area contributed by atoms with Gasteiger partial charge in [-0.2, -0.15) is 0 Å². The van der Waals surface area contributed by atoms with Gasteiger partial charge in [0.25, 0.3) is 5.91 Å². The van der Waals surface area contributed by atoms with Gasteiger partial charge in [0.15, 0.2) is 0 Å². The molecule has 3 aromatic carbocycles. The van der Waals surface area contributed by atoms with Crippen molar-refractivity contribution in [3.05, 3.63) is 95.5 Å². The second-order valence-electron chi connectivity index (χ2n) is 6.45. The fourth-order valence-corrected chi connectivity index (χ4v) is 3.80. The molecule has 30 heavy (non-hydrogen) atoms. The molecule has 0 unspecified atom stereocenters. The van der Waals surface area contributed by atoms with Crippen LogP contribution in [0.5, 0.6) is 11.5 Å². The van der Waals surface area contributed by atoms with Gasteiger partial charge in [-0.25, -0.2) is 4.98 Å². The zero-order valence-electron chi connectivity index (χ0n) is 16.4. The van der Waals surface area contributed by atoms with Crippen LogP contribution in [0.4, 0.5) is 5.69 Å². The molecular formula is C24H20N2O3S. The maximum Gasteiger partial charge on any atom is 0.259 e. The summed E-state index contributed by atoms with van der Waals surface area (Å²) in [6.45, 7) is 0.265. The van der Waals surface area contributed by atoms with E-state index in [4.69, 9.17) is 9.47 Å². The second kappa shape index (κ2) is 9.24. The molecule has 0 aliphatic heterocycles. The summed E-state index contributed by atoms with van der Waals surface area (Å²) in [5, 5.41) is 5.70. The van der Waals surface area contributed by atoms with Gasteiger partial charge in [0.2, 0.25) is 0 Å². The minimum Gasteiger partial charge on any atom is -0.496 e. The number of carbonyl (C=O) groups is 1. The summed E-state index contributed by atoms with van der Waals surface area (Å²) < 4.78 is 11.4. The Labute approximate surface area is 178 Å². The zero-order chi connectivity index (χ0) is 20.8. The summed E-state index contributed by atoms with van der Waals surface area (Å²) in [7, 11) is 1.65. The van der Waals surface area contributed by atoms with E-state index in [0.717, 1.165) is 27.7 Å². The fourth-order valence-electron chi connectivity index (χ4n) is 2.97. The Morgan fingerprint density at radius 2 is 1.63 bits per heavy atom. The van der Waals surface area contributed by atoms with Crippen molar-refractivity contribution in [1.82, 2.24) is 4.98 Å². The summed E-state index contributed by atoms with van der Waals surface area (Å²) in [5.41, 5.74) is 2.94. The number of ether oxygens (including phenoxy) is 2. The van der Waals surface area contributed by atoms with Gasteiger partial charge in [0.1, 0.15) is 23.1 Å². The number of para-hydroxylation sites is 3. The summed E-state index contributed by atoms with van der Waals surface area (Å²) in [6, 6.07) is 24.3. The minimum atomic E-state index is -0.218. The first-order valence-corrected chi connectivity index (χ1v) is 10.3. The lowest BCUT2D eigenvalue weighted by Crippen LogP contribution is -2.13. The molecule has 6 heteroatoms. The number of benzene rings is 3. The van der Waals surface area contributed by atoms with Gasteiger partial charge in [-0.05, 0) is 36.4 Å². The van der Waals surface area contributed by atoms with E-state index < -0.39 is 0 Å². The van der Waals surface area contributed by atoms with E-state index >= 15 is 0 Å². The molecule has 0 aliphatic rings. The van der Waals surface area contributed by atoms with E-state index in [9.17, 15) is 4.79 Å². The van der Waals surface area contributed by atoms with Crippen molar-refractivity contribution in [3.63, 3.8) is 0 Å². The largest absolute Gasteiger partial charge is 0.496 e. The number of hydrogen-bond acceptors (Lipinski definition) is 5. The molecule has 0 atom stereocenters. The molecule has 1 amide bonds. The lowest BCUT2D eigenvalue weighted by atomic mass is 10.2. The molecule has 1 N–H and O–H groups in total. The first-order valence-electron chi connectivity index (χ1n) is 9.40. The third-order valence-corrected chi connectivity index (χ3v) is 5.35. The smallest absolute Gasteiger partial charge is 0.259 e. The van der Waals surface area contributed by atoms with Crippen LogP contribution >= 0.6 is 11.3 Å². The van der Waals surface area contributed by atoms with E-state index in [2.05, 4.69) is 10.3 Å². The molecule has 1 aromatic heterocycles. The molecule has 5 nitrogen and oxygen atoms in total. The monoisotopic (exact) mass is 416 g/mol. The van der Waals surface area contributed by atoms with E-state index in [-0.39, 0.29) is 12.5 Å². The first kappa shape index (κ1) is 19.7. The number of nitrogens with zero attached hydrogens (tertiary/aromatic N) is 1. The third kappa shape index (κ3) is 4.50. The van der Waals surface area contributed by atoms with Crippen molar-refractivity contribution in [1.29, 1.82) is 0 Å². The van der Waals surface area contributed by atoms with Gasteiger partial charge in [0, 0.05) is 11.1 Å². The molecular weight excluding hydrogens is 396 g/mol. The van der Waals surface area contributed by atoms with Crippen molar-refractivity contribution < 1.29 is 14.3 Å². The normalized spacial score (nSPS) is 10.4. The van der Waals surface area contributed by atoms with Crippen molar-refractivity contribution >= 4 is 22.9 Å². The Bertz CT molecular complexity index is 1140. The molecule has 1 heterocycles. The third-order valence-electron chi connectivity index (χ3n) is 4.43. The van der Waals surface area contributed by atoms with Crippen molar-refractivity contribution in [2.75, 3.05) is 12.4 Å². The van der Waals surface area contributed by atoms with Crippen LogP contribution in [0.3, 0.4) is 0 Å². The lowest BCUT2D eigenvalue weighted by molar-refractivity contribution is 0.102. The average Bonchev–Trinajstić information content (AvgIpc) is 3.27. The van der Waals surface area contributed by atoms with Crippen LogP contribution in [0, 0.1) is 0 Å². The van der Waals surface area contributed by atoms with Gasteiger partial charge in [-0.3, -0.25) is 4.79 Å². The van der Waals surface area contributed by atoms with Crippen molar-refractivity contribution in [3.8, 4) is 22.1 Å². The number of aromatic nitrogens is 1. The first-order chi connectivity index (χ1) is 14.7. The highest BCUT2D eigenvalue weighted by molar-refractivity contribution is 7.13. The number of amides is 1. The zero-order valence-corrected chi connectivity index (χ0v) is 17.2. The molecule has 0 saturated heterocycles. The molecule has 4 rings (SSSR count). The lowest BCUT2D eigenvalue weighted by Gasteiger charge is -2.11. The molecule has 150 valence electrons. The number of anilines is 1. The number of methoxy groups -OCH3 is 1. The molecule has 0 saturated carbocycles. The number of hydrogen-bond donors (Lipinski definition) is 1. The molecule has 0 fully saturated rings. The summed E-state index contributed by atoms with van der Waals surface area (Å²) in [5.74, 6) is 1.07. The van der Waals surface area contributed by atoms with Crippen LogP contribution in [-0.4, -0.2) is 18.0 Å². The van der Waals surface area contributed by atoms with Crippen LogP contribution in [0.25, 0.3) is 10.6 Å². The molecule has 0 spiro atoms. The maximum absolute atomic E-state index is 12.7. The van der Waals surface area contributed by atoms with Gasteiger partial charge in [-0.15, -0.1) is 11.3 Å². The predicted octanol–water partition coefficient (Wildman–Crippen LogP) is 5.65. The van der Waals surface area contributed by atoms with Crippen LogP contribution in [-0.2, 0) is 6.61 Å². The summed E-state index contributed by atoms with van der Waals surface area (Å²) in [6.07, 6.45) is 0. The maximum atomic E-state index is 12.7. The standard InChI is InChI=1S/C24H20N2O3S/c1-28-21-13-7-6-12-20(21)24-26-18(16-30-24)15-29-22-14-8-5-11-19(22)23(27)25-17-9-3-2-4-10-17/h2-14,16H,15H2,1H3,(H,25,27). The van der Waals surface area contributed by atoms with Gasteiger partial charge in [0.05, 0.1) is 23.9 Å². The summed E-state index contributed by atoms with van der Waals surface area (Å²) in [4.78, 5) is 17.3. The van der Waals surface area contributed by atoms with Gasteiger partial charge >= 0.3 is 0 Å². The average molecular weight is 417 g/mol. The van der Waals surface area contributed by atoms with E-state index in [1.54, 1.807) is 19.2 Å². The molecule has 4 aromatic rings. The van der Waals surface area contributed by atoms with E-state index in [1.165, 1.54) is 11.3 Å². The SMILES string of the molecule is COc1ccccc1-c1nc(COc2ccccc2C(=O)Nc2ccccc2)cs1. The van der Waals surface area contributed by atoms with Crippen LogP contribution in [0.15, 0.2) is 84.2 Å². The highest BCUT2D eigenvalue weighted by Gasteiger charge is 2.14. The second-order valence-corrected chi connectivity index (χ2v) is 7.31. The predicted molar refractivity (Wildman–Crippen MR) is 119 cm³/mol. The molecule has 0 radical (unpaired) electrons. The van der Waals surface area contributed by atoms with Crippen molar-refractivity contribution in [2.45, 2.75) is 6.61 Å². The minimum absolute atomic E-state index is 0.218. The Kier molecular flexibility index (Phi) is 6.06. The molecule has 0 aliphatic carbocycles. The Balaban J connectivity index is 1.47. The fraction of sp³-hybridized carbons (Fsp3) is 0.0833. The number of carbonyl (C=O) groups excluding carboxylic acids is 1. The van der Waals surface area contributed by atoms with Gasteiger partial charge in [-0.1, -0.05) is 42.5 Å². The van der Waals surface area contributed by atoms with Crippen LogP contribution < -0.4 is 14.8 Å². The van der Waals surface area contributed by atoms with E-state index in [0.29, 0.717) is 11.3 Å².